The van der Waals surface area contributed by atoms with Gasteiger partial charge in [-0.1, -0.05) is 23.3 Å². The highest BCUT2D eigenvalue weighted by atomic mass is 35.5. The molecule has 134 valence electrons. The Hall–Kier alpha value is -2.35. The van der Waals surface area contributed by atoms with E-state index in [4.69, 9.17) is 11.6 Å². The minimum Gasteiger partial charge on any atom is -0.468 e. The Morgan fingerprint density at radius 1 is 1.44 bits per heavy atom. The number of nitrogens with zero attached hydrogens (tertiary/aromatic N) is 4. The Balaban J connectivity index is 2.16. The first kappa shape index (κ1) is 19.0. The zero-order chi connectivity index (χ0) is 18.6. The van der Waals surface area contributed by atoms with E-state index in [2.05, 4.69) is 26.5 Å². The molecule has 2 heterocycles. The van der Waals surface area contributed by atoms with Gasteiger partial charge in [-0.05, 0) is 26.6 Å². The molecule has 0 aliphatic heterocycles. The predicted molar refractivity (Wildman–Crippen MR) is 90.6 cm³/mol. The Kier molecular flexibility index (Phi) is 5.84. The molecule has 25 heavy (non-hydrogen) atoms. The number of hydrogen-bond donors (Lipinski definition) is 0. The molecule has 0 fully saturated rings. The molecule has 5 nitrogen and oxygen atoms in total. The smallest absolute Gasteiger partial charge is 0.422 e. The number of rotatable bonds is 6. The van der Waals surface area contributed by atoms with Gasteiger partial charge in [-0.25, -0.2) is 9.98 Å². The number of alkyl halides is 3. The summed E-state index contributed by atoms with van der Waals surface area (Å²) in [5, 5.41) is 5.46. The molecule has 0 amide bonds. The van der Waals surface area contributed by atoms with Gasteiger partial charge in [-0.2, -0.15) is 18.3 Å². The minimum atomic E-state index is -4.43. The van der Waals surface area contributed by atoms with E-state index in [1.807, 2.05) is 6.92 Å². The van der Waals surface area contributed by atoms with Crippen molar-refractivity contribution < 1.29 is 17.9 Å². The van der Waals surface area contributed by atoms with Gasteiger partial charge < -0.3 is 4.74 Å². The van der Waals surface area contributed by atoms with E-state index in [-0.39, 0.29) is 5.88 Å². The third-order valence-corrected chi connectivity index (χ3v) is 3.46. The molecule has 0 aromatic carbocycles. The lowest BCUT2D eigenvalue weighted by Crippen LogP contribution is -2.16. The van der Waals surface area contributed by atoms with Gasteiger partial charge in [0.05, 0.1) is 17.4 Å². The molecule has 0 bridgehead atoms. The lowest BCUT2D eigenvalue weighted by Gasteiger charge is -2.11. The van der Waals surface area contributed by atoms with Crippen LogP contribution >= 0.6 is 11.6 Å². The van der Waals surface area contributed by atoms with Crippen LogP contribution < -0.4 is 0 Å². The highest BCUT2D eigenvalue weighted by Gasteiger charge is 2.29. The van der Waals surface area contributed by atoms with Crippen molar-refractivity contribution in [1.82, 2.24) is 14.8 Å². The number of halogens is 4. The molecular formula is C16H16ClF3N4O. The Morgan fingerprint density at radius 2 is 2.16 bits per heavy atom. The first-order valence-electron chi connectivity index (χ1n) is 7.21. The summed E-state index contributed by atoms with van der Waals surface area (Å²) in [5.74, 6) is -0.158. The minimum absolute atomic E-state index is 0.158. The summed E-state index contributed by atoms with van der Waals surface area (Å²) in [5.41, 5.74) is 1.99. The van der Waals surface area contributed by atoms with Crippen LogP contribution in [-0.2, 0) is 11.3 Å². The highest BCUT2D eigenvalue weighted by molar-refractivity contribution is 6.34. The number of allylic oxidation sites excluding steroid dienone is 3. The monoisotopic (exact) mass is 372 g/mol. The number of fused-ring (bicyclic) bond motifs is 1. The fraction of sp³-hybridized carbons (Fsp3) is 0.312. The highest BCUT2D eigenvalue weighted by Crippen LogP contribution is 2.21. The van der Waals surface area contributed by atoms with Crippen molar-refractivity contribution in [2.75, 3.05) is 6.61 Å². The molecule has 0 N–H and O–H groups in total. The van der Waals surface area contributed by atoms with Crippen molar-refractivity contribution in [3.8, 4) is 0 Å². The third kappa shape index (κ3) is 5.32. The van der Waals surface area contributed by atoms with E-state index in [9.17, 15) is 13.2 Å². The SMILES string of the molecule is C=N/C(OCC(F)(F)F)=C(C)\C=C(/C)Cn1cc2c(Cl)nccc2n1. The summed E-state index contributed by atoms with van der Waals surface area (Å²) in [6.07, 6.45) is 0.565. The van der Waals surface area contributed by atoms with Gasteiger partial charge in [0.15, 0.2) is 6.61 Å². The Bertz CT molecular complexity index is 840. The van der Waals surface area contributed by atoms with Gasteiger partial charge in [-0.3, -0.25) is 4.68 Å². The van der Waals surface area contributed by atoms with Crippen molar-refractivity contribution in [3.63, 3.8) is 0 Å². The first-order valence-corrected chi connectivity index (χ1v) is 7.59. The summed E-state index contributed by atoms with van der Waals surface area (Å²) in [4.78, 5) is 7.50. The molecule has 9 heteroatoms. The summed E-state index contributed by atoms with van der Waals surface area (Å²) in [6.45, 7) is 5.67. The molecule has 0 aliphatic carbocycles. The molecule has 0 aliphatic rings. The third-order valence-electron chi connectivity index (χ3n) is 3.16. The predicted octanol–water partition coefficient (Wildman–Crippen LogP) is 4.54. The van der Waals surface area contributed by atoms with Crippen LogP contribution in [0, 0.1) is 0 Å². The van der Waals surface area contributed by atoms with E-state index < -0.39 is 12.8 Å². The second-order valence-corrected chi connectivity index (χ2v) is 5.76. The van der Waals surface area contributed by atoms with Crippen LogP contribution in [0.3, 0.4) is 0 Å². The molecule has 0 saturated carbocycles. The summed E-state index contributed by atoms with van der Waals surface area (Å²) < 4.78 is 43.1. The molecular weight excluding hydrogens is 357 g/mol. The number of aromatic nitrogens is 3. The second-order valence-electron chi connectivity index (χ2n) is 5.40. The van der Waals surface area contributed by atoms with Gasteiger partial charge in [0, 0.05) is 18.0 Å². The lowest BCUT2D eigenvalue weighted by atomic mass is 10.2. The summed E-state index contributed by atoms with van der Waals surface area (Å²) in [7, 11) is 0. The van der Waals surface area contributed by atoms with Crippen LogP contribution in [0.5, 0.6) is 0 Å². The molecule has 2 aromatic rings. The van der Waals surface area contributed by atoms with Crippen LogP contribution in [-0.4, -0.2) is 34.3 Å². The number of hydrogen-bond acceptors (Lipinski definition) is 4. The van der Waals surface area contributed by atoms with E-state index in [1.54, 1.807) is 36.1 Å². The van der Waals surface area contributed by atoms with Crippen molar-refractivity contribution in [3.05, 3.63) is 46.7 Å². The fourth-order valence-electron chi connectivity index (χ4n) is 2.21. The summed E-state index contributed by atoms with van der Waals surface area (Å²) in [6, 6.07) is 1.74. The van der Waals surface area contributed by atoms with Crippen molar-refractivity contribution in [2.24, 2.45) is 4.99 Å². The van der Waals surface area contributed by atoms with Crippen LogP contribution in [0.2, 0.25) is 5.15 Å². The lowest BCUT2D eigenvalue weighted by molar-refractivity contribution is -0.165. The average molecular weight is 373 g/mol. The maximum Gasteiger partial charge on any atom is 0.422 e. The van der Waals surface area contributed by atoms with Gasteiger partial charge in [0.1, 0.15) is 5.15 Å². The van der Waals surface area contributed by atoms with Crippen molar-refractivity contribution in [1.29, 1.82) is 0 Å². The number of ether oxygens (including phenoxy) is 1. The van der Waals surface area contributed by atoms with E-state index >= 15 is 0 Å². The number of pyridine rings is 1. The van der Waals surface area contributed by atoms with Crippen molar-refractivity contribution in [2.45, 2.75) is 26.6 Å². The largest absolute Gasteiger partial charge is 0.468 e. The normalized spacial score (nSPS) is 13.8. The van der Waals surface area contributed by atoms with E-state index in [0.29, 0.717) is 22.8 Å². The molecule has 0 saturated heterocycles. The van der Waals surface area contributed by atoms with Crippen molar-refractivity contribution >= 4 is 29.2 Å². The van der Waals surface area contributed by atoms with Gasteiger partial charge in [-0.15, -0.1) is 0 Å². The fourth-order valence-corrected chi connectivity index (χ4v) is 2.41. The van der Waals surface area contributed by atoms with Gasteiger partial charge in [0.25, 0.3) is 0 Å². The number of aliphatic imine (C=N–C) groups is 1. The summed E-state index contributed by atoms with van der Waals surface area (Å²) >= 11 is 6.01. The Labute approximate surface area is 147 Å². The zero-order valence-electron chi connectivity index (χ0n) is 13.6. The molecule has 0 unspecified atom stereocenters. The van der Waals surface area contributed by atoms with Gasteiger partial charge in [0.2, 0.25) is 5.88 Å². The standard InChI is InChI=1S/C16H16ClF3N4O/c1-10(6-11(2)15(21-3)25-9-16(18,19)20)7-24-8-12-13(23-24)4-5-22-14(12)17/h4-6,8H,3,7,9H2,1-2H3/b10-6+,15-11+. The maximum atomic E-state index is 12.2. The van der Waals surface area contributed by atoms with Crippen LogP contribution in [0.1, 0.15) is 13.8 Å². The quantitative estimate of drug-likeness (QED) is 0.324. The topological polar surface area (TPSA) is 52.3 Å². The average Bonchev–Trinajstić information content (AvgIpc) is 2.90. The van der Waals surface area contributed by atoms with Gasteiger partial charge >= 0.3 is 6.18 Å². The Morgan fingerprint density at radius 3 is 2.76 bits per heavy atom. The van der Waals surface area contributed by atoms with Crippen LogP contribution in [0.4, 0.5) is 13.2 Å². The molecule has 2 rings (SSSR count). The second kappa shape index (κ2) is 7.69. The van der Waals surface area contributed by atoms with E-state index in [0.717, 1.165) is 11.0 Å². The molecule has 0 radical (unpaired) electrons. The molecule has 2 aromatic heterocycles. The van der Waals surface area contributed by atoms with Crippen LogP contribution in [0.15, 0.2) is 46.6 Å². The molecule has 0 atom stereocenters. The first-order chi connectivity index (χ1) is 11.7. The zero-order valence-corrected chi connectivity index (χ0v) is 14.4. The maximum absolute atomic E-state index is 12.2. The molecule has 0 spiro atoms. The van der Waals surface area contributed by atoms with Crippen LogP contribution in [0.25, 0.3) is 10.9 Å². The van der Waals surface area contributed by atoms with E-state index in [1.165, 1.54) is 0 Å².